The lowest BCUT2D eigenvalue weighted by Crippen LogP contribution is -2.56. The maximum Gasteiger partial charge on any atom is 0.227 e. The zero-order valence-corrected chi connectivity index (χ0v) is 16.6. The molecule has 1 aromatic carbocycles. The van der Waals surface area contributed by atoms with Crippen LogP contribution in [0.4, 0.5) is 11.8 Å². The number of nitrogens with one attached hydrogen (secondary N) is 1. The molecule has 3 saturated heterocycles. The van der Waals surface area contributed by atoms with Crippen LogP contribution < -0.4 is 11.1 Å². The quantitative estimate of drug-likeness (QED) is 0.718. The Labute approximate surface area is 170 Å². The maximum atomic E-state index is 6.48. The Kier molecular flexibility index (Phi) is 3.78. The molecule has 3 fully saturated rings. The monoisotopic (exact) mass is 386 g/mol. The first-order chi connectivity index (χ1) is 14.2. The van der Waals surface area contributed by atoms with Crippen molar-refractivity contribution in [2.75, 3.05) is 30.7 Å². The van der Waals surface area contributed by atoms with Crippen LogP contribution in [-0.4, -0.2) is 45.0 Å². The van der Waals surface area contributed by atoms with Crippen molar-refractivity contribution in [1.29, 1.82) is 0 Å². The van der Waals surface area contributed by atoms with E-state index < -0.39 is 0 Å². The molecule has 148 valence electrons. The van der Waals surface area contributed by atoms with Crippen LogP contribution in [0.5, 0.6) is 0 Å². The van der Waals surface area contributed by atoms with Crippen LogP contribution in [0.2, 0.25) is 0 Å². The van der Waals surface area contributed by atoms with E-state index in [4.69, 9.17) is 15.7 Å². The molecular weight excluding hydrogens is 360 g/mol. The first kappa shape index (κ1) is 17.2. The SMILES string of the molecule is Nc1nc(NC23CCN(CC2)CC3)nc2nc(-c3ccccc3)c3c(c12)CCC3. The van der Waals surface area contributed by atoms with E-state index in [0.717, 1.165) is 80.4 Å². The van der Waals surface area contributed by atoms with Gasteiger partial charge in [0.05, 0.1) is 11.1 Å². The van der Waals surface area contributed by atoms with Gasteiger partial charge in [0.2, 0.25) is 5.95 Å². The van der Waals surface area contributed by atoms with E-state index in [-0.39, 0.29) is 5.54 Å². The van der Waals surface area contributed by atoms with Gasteiger partial charge in [-0.1, -0.05) is 30.3 Å². The Morgan fingerprint density at radius 3 is 2.38 bits per heavy atom. The van der Waals surface area contributed by atoms with Crippen LogP contribution in [0.25, 0.3) is 22.3 Å². The lowest BCUT2D eigenvalue weighted by molar-refractivity contribution is 0.0987. The van der Waals surface area contributed by atoms with Crippen molar-refractivity contribution >= 4 is 22.8 Å². The van der Waals surface area contributed by atoms with Crippen molar-refractivity contribution in [3.05, 3.63) is 41.5 Å². The normalized spacial score (nSPS) is 25.3. The van der Waals surface area contributed by atoms with E-state index in [0.29, 0.717) is 11.8 Å². The maximum absolute atomic E-state index is 6.48. The molecule has 0 amide bonds. The Hall–Kier alpha value is -2.73. The number of nitrogen functional groups attached to an aromatic ring is 1. The molecule has 0 radical (unpaired) electrons. The largest absolute Gasteiger partial charge is 0.383 e. The van der Waals surface area contributed by atoms with E-state index in [2.05, 4.69) is 39.5 Å². The fourth-order valence-corrected chi connectivity index (χ4v) is 5.43. The third-order valence-electron chi connectivity index (χ3n) is 7.09. The molecule has 0 atom stereocenters. The number of nitrogens with two attached hydrogens (primary N) is 1. The zero-order valence-electron chi connectivity index (χ0n) is 16.6. The summed E-state index contributed by atoms with van der Waals surface area (Å²) in [6.07, 6.45) is 6.62. The van der Waals surface area contributed by atoms with E-state index >= 15 is 0 Å². The molecule has 5 heterocycles. The summed E-state index contributed by atoms with van der Waals surface area (Å²) in [7, 11) is 0. The molecular formula is C23H26N6. The van der Waals surface area contributed by atoms with Gasteiger partial charge in [-0.05, 0) is 49.7 Å². The molecule has 2 bridgehead atoms. The van der Waals surface area contributed by atoms with Crippen molar-refractivity contribution < 1.29 is 0 Å². The lowest BCUT2D eigenvalue weighted by Gasteiger charge is -2.48. The van der Waals surface area contributed by atoms with Crippen molar-refractivity contribution in [3.8, 4) is 11.3 Å². The Balaban J connectivity index is 1.48. The number of aromatic nitrogens is 3. The Morgan fingerprint density at radius 2 is 1.62 bits per heavy atom. The minimum absolute atomic E-state index is 0.105. The van der Waals surface area contributed by atoms with Crippen LogP contribution in [0, 0.1) is 0 Å². The standard InChI is InChI=1S/C23H26N6/c24-20-18-16-7-4-8-17(16)19(15-5-2-1-3-6-15)25-21(18)27-22(26-20)28-23-9-12-29(13-10-23)14-11-23/h1-3,5-6H,4,7-14H2,(H3,24,25,26,27,28). The van der Waals surface area contributed by atoms with Gasteiger partial charge < -0.3 is 16.0 Å². The first-order valence-electron chi connectivity index (χ1n) is 10.8. The number of fused-ring (bicyclic) bond motifs is 6. The molecule has 0 unspecified atom stereocenters. The second-order valence-electron chi connectivity index (χ2n) is 8.77. The van der Waals surface area contributed by atoms with Gasteiger partial charge in [0.25, 0.3) is 0 Å². The molecule has 0 spiro atoms. The number of benzene rings is 1. The van der Waals surface area contributed by atoms with Crippen molar-refractivity contribution in [3.63, 3.8) is 0 Å². The van der Waals surface area contributed by atoms with Gasteiger partial charge in [-0.3, -0.25) is 0 Å². The minimum atomic E-state index is 0.105. The number of aryl methyl sites for hydroxylation is 1. The average Bonchev–Trinajstić information content (AvgIpc) is 3.24. The summed E-state index contributed by atoms with van der Waals surface area (Å²) in [6.45, 7) is 3.46. The minimum Gasteiger partial charge on any atom is -0.383 e. The number of nitrogens with zero attached hydrogens (tertiary/aromatic N) is 4. The van der Waals surface area contributed by atoms with E-state index in [1.807, 2.05) is 6.07 Å². The molecule has 0 saturated carbocycles. The molecule has 4 aliphatic rings. The predicted molar refractivity (Wildman–Crippen MR) is 116 cm³/mol. The number of anilines is 2. The summed E-state index contributed by atoms with van der Waals surface area (Å²) in [6, 6.07) is 10.4. The number of rotatable bonds is 3. The highest BCUT2D eigenvalue weighted by atomic mass is 15.2. The topological polar surface area (TPSA) is 80.0 Å². The van der Waals surface area contributed by atoms with Crippen molar-refractivity contribution in [2.24, 2.45) is 0 Å². The molecule has 1 aliphatic carbocycles. The highest BCUT2D eigenvalue weighted by molar-refractivity contribution is 5.93. The van der Waals surface area contributed by atoms with Crippen LogP contribution in [-0.2, 0) is 12.8 Å². The molecule has 3 aromatic rings. The zero-order chi connectivity index (χ0) is 19.4. The van der Waals surface area contributed by atoms with Crippen molar-refractivity contribution in [2.45, 2.75) is 44.1 Å². The highest BCUT2D eigenvalue weighted by Crippen LogP contribution is 2.39. The number of piperidine rings is 3. The average molecular weight is 387 g/mol. The molecule has 2 aromatic heterocycles. The Morgan fingerprint density at radius 1 is 0.897 bits per heavy atom. The number of pyridine rings is 1. The predicted octanol–water partition coefficient (Wildman–Crippen LogP) is 3.41. The van der Waals surface area contributed by atoms with Gasteiger partial charge in [0, 0.05) is 30.7 Å². The van der Waals surface area contributed by atoms with Crippen molar-refractivity contribution in [1.82, 2.24) is 19.9 Å². The number of hydrogen-bond acceptors (Lipinski definition) is 6. The van der Waals surface area contributed by atoms with Crippen LogP contribution >= 0.6 is 0 Å². The van der Waals surface area contributed by atoms with Crippen LogP contribution in [0.1, 0.15) is 36.8 Å². The van der Waals surface area contributed by atoms with Gasteiger partial charge in [-0.25, -0.2) is 4.98 Å². The van der Waals surface area contributed by atoms with Gasteiger partial charge >= 0.3 is 0 Å². The molecule has 29 heavy (non-hydrogen) atoms. The second kappa shape index (κ2) is 6.39. The summed E-state index contributed by atoms with van der Waals surface area (Å²) in [4.78, 5) is 17.1. The van der Waals surface area contributed by atoms with Crippen LogP contribution in [0.3, 0.4) is 0 Å². The van der Waals surface area contributed by atoms with Crippen LogP contribution in [0.15, 0.2) is 30.3 Å². The fourth-order valence-electron chi connectivity index (χ4n) is 5.43. The van der Waals surface area contributed by atoms with Gasteiger partial charge in [0.1, 0.15) is 5.82 Å². The molecule has 6 heteroatoms. The Bertz CT molecular complexity index is 1070. The summed E-state index contributed by atoms with van der Waals surface area (Å²) in [5, 5.41) is 4.63. The number of hydrogen-bond donors (Lipinski definition) is 2. The third kappa shape index (κ3) is 2.77. The summed E-state index contributed by atoms with van der Waals surface area (Å²) in [5.74, 6) is 1.20. The highest BCUT2D eigenvalue weighted by Gasteiger charge is 2.40. The molecule has 7 rings (SSSR count). The molecule has 3 N–H and O–H groups in total. The van der Waals surface area contributed by atoms with Gasteiger partial charge in [0.15, 0.2) is 5.65 Å². The molecule has 3 aliphatic heterocycles. The molecule has 6 nitrogen and oxygen atoms in total. The second-order valence-corrected chi connectivity index (χ2v) is 8.77. The van der Waals surface area contributed by atoms with E-state index in [1.54, 1.807) is 0 Å². The lowest BCUT2D eigenvalue weighted by atomic mass is 9.80. The summed E-state index contributed by atoms with van der Waals surface area (Å²) in [5.41, 5.74) is 12.1. The smallest absolute Gasteiger partial charge is 0.227 e. The van der Waals surface area contributed by atoms with Gasteiger partial charge in [-0.15, -0.1) is 0 Å². The third-order valence-corrected chi connectivity index (χ3v) is 7.09. The first-order valence-corrected chi connectivity index (χ1v) is 10.8. The fraction of sp³-hybridized carbons (Fsp3) is 0.435. The van der Waals surface area contributed by atoms with E-state index in [9.17, 15) is 0 Å². The van der Waals surface area contributed by atoms with Gasteiger partial charge in [-0.2, -0.15) is 9.97 Å². The summed E-state index contributed by atoms with van der Waals surface area (Å²) < 4.78 is 0. The van der Waals surface area contributed by atoms with E-state index in [1.165, 1.54) is 11.1 Å². The summed E-state index contributed by atoms with van der Waals surface area (Å²) >= 11 is 0.